The summed E-state index contributed by atoms with van der Waals surface area (Å²) in [4.78, 5) is 62.0. The molecule has 2 aliphatic heterocycles. The molecule has 72 heavy (non-hydrogen) atoms. The minimum Gasteiger partial charge on any atom is -0.497 e. The van der Waals surface area contributed by atoms with Gasteiger partial charge in [-0.25, -0.2) is 13.2 Å². The Morgan fingerprint density at radius 3 is 1.92 bits per heavy atom. The Morgan fingerprint density at radius 1 is 0.708 bits per heavy atom. The maximum absolute atomic E-state index is 14.8. The van der Waals surface area contributed by atoms with E-state index in [0.717, 1.165) is 55.8 Å². The second kappa shape index (κ2) is 24.2. The van der Waals surface area contributed by atoms with Crippen LogP contribution in [0.3, 0.4) is 0 Å². The van der Waals surface area contributed by atoms with Crippen molar-refractivity contribution < 1.29 is 41.8 Å². The Hall–Kier alpha value is -5.85. The van der Waals surface area contributed by atoms with E-state index in [4.69, 9.17) is 9.47 Å². The number of nitrogens with one attached hydrogen (secondary N) is 4. The number of ether oxygens (including phenoxy) is 2. The Labute approximate surface area is 421 Å². The lowest BCUT2D eigenvalue weighted by Crippen LogP contribution is -2.55. The summed E-state index contributed by atoms with van der Waals surface area (Å²) >= 11 is 0. The van der Waals surface area contributed by atoms with Crippen molar-refractivity contribution in [1.82, 2.24) is 40.9 Å². The smallest absolute Gasteiger partial charge is 0.251 e. The maximum Gasteiger partial charge on any atom is 0.251 e. The number of piperazine rings is 2. The maximum atomic E-state index is 14.8. The summed E-state index contributed by atoms with van der Waals surface area (Å²) in [5.74, 6) is -1.08. The minimum absolute atomic E-state index is 0.00185. The summed E-state index contributed by atoms with van der Waals surface area (Å²) in [6.45, 7) is 8.87. The van der Waals surface area contributed by atoms with Crippen molar-refractivity contribution in [3.63, 3.8) is 0 Å². The van der Waals surface area contributed by atoms with Crippen LogP contribution in [0.25, 0.3) is 0 Å². The number of carbonyl (C=O) groups excluding carboxylic acids is 4. The fraction of sp³-hybridized carbons (Fsp3) is 0.491. The molecular weight excluding hydrogens is 926 g/mol. The first-order valence-corrected chi connectivity index (χ1v) is 25.4. The fourth-order valence-corrected chi connectivity index (χ4v) is 10.0. The highest BCUT2D eigenvalue weighted by molar-refractivity contribution is 5.98. The third-order valence-electron chi connectivity index (χ3n) is 14.7. The van der Waals surface area contributed by atoms with E-state index in [9.17, 15) is 32.3 Å². The van der Waals surface area contributed by atoms with Crippen LogP contribution in [-0.4, -0.2) is 160 Å². The number of unbranched alkanes of at least 4 members (excludes halogenated alkanes) is 1. The normalized spacial score (nSPS) is 21.9. The zero-order chi connectivity index (χ0) is 50.8. The van der Waals surface area contributed by atoms with Gasteiger partial charge >= 0.3 is 0 Å². The van der Waals surface area contributed by atoms with E-state index in [2.05, 4.69) is 50.1 Å². The first kappa shape index (κ1) is 52.5. The highest BCUT2D eigenvalue weighted by atomic mass is 19.1. The van der Waals surface area contributed by atoms with Gasteiger partial charge in [-0.1, -0.05) is 18.2 Å². The molecule has 2 aliphatic carbocycles. The number of benzene rings is 4. The lowest BCUT2D eigenvalue weighted by atomic mass is 10.0. The van der Waals surface area contributed by atoms with Crippen LogP contribution in [0.4, 0.5) is 13.2 Å². The first-order valence-electron chi connectivity index (χ1n) is 25.4. The lowest BCUT2D eigenvalue weighted by molar-refractivity contribution is -0.136. The molecule has 0 bridgehead atoms. The van der Waals surface area contributed by atoms with Crippen molar-refractivity contribution in [2.45, 2.75) is 81.1 Å². The molecule has 4 amide bonds. The fourth-order valence-electron chi connectivity index (χ4n) is 10.0. The minimum atomic E-state index is -0.911. The summed E-state index contributed by atoms with van der Waals surface area (Å²) in [5, 5.41) is 13.0. The summed E-state index contributed by atoms with van der Waals surface area (Å²) in [5.41, 5.74) is 3.77. The summed E-state index contributed by atoms with van der Waals surface area (Å²) < 4.78 is 53.3. The van der Waals surface area contributed by atoms with Gasteiger partial charge in [-0.2, -0.15) is 0 Å². The van der Waals surface area contributed by atoms with Crippen molar-refractivity contribution in [2.24, 2.45) is 0 Å². The van der Waals surface area contributed by atoms with Crippen LogP contribution in [0.5, 0.6) is 5.75 Å². The van der Waals surface area contributed by atoms with Crippen molar-refractivity contribution in [2.75, 3.05) is 92.8 Å². The third-order valence-corrected chi connectivity index (χ3v) is 14.7. The molecule has 17 heteroatoms. The van der Waals surface area contributed by atoms with Gasteiger partial charge < -0.3 is 45.4 Å². The molecule has 8 rings (SSSR count). The van der Waals surface area contributed by atoms with Gasteiger partial charge in [0.05, 0.1) is 20.3 Å². The van der Waals surface area contributed by atoms with E-state index < -0.39 is 35.5 Å². The van der Waals surface area contributed by atoms with Crippen LogP contribution in [0, 0.1) is 17.5 Å². The van der Waals surface area contributed by atoms with Gasteiger partial charge in [-0.15, -0.1) is 0 Å². The third kappa shape index (κ3) is 14.0. The van der Waals surface area contributed by atoms with Crippen molar-refractivity contribution in [3.8, 4) is 5.75 Å². The molecule has 4 aliphatic rings. The number of hydrogen-bond acceptors (Lipinski definition) is 10. The monoisotopic (exact) mass is 995 g/mol. The molecule has 0 spiro atoms. The lowest BCUT2D eigenvalue weighted by Gasteiger charge is -2.37. The van der Waals surface area contributed by atoms with Crippen molar-refractivity contribution in [3.05, 3.63) is 136 Å². The predicted octanol–water partition coefficient (Wildman–Crippen LogP) is 5.30. The van der Waals surface area contributed by atoms with Gasteiger partial charge in [0, 0.05) is 100.0 Å². The summed E-state index contributed by atoms with van der Waals surface area (Å²) in [7, 11) is 3.66. The number of halogens is 3. The predicted molar refractivity (Wildman–Crippen MR) is 268 cm³/mol. The van der Waals surface area contributed by atoms with E-state index in [0.29, 0.717) is 77.7 Å². The van der Waals surface area contributed by atoms with Gasteiger partial charge in [0.25, 0.3) is 11.8 Å². The highest BCUT2D eigenvalue weighted by Gasteiger charge is 2.50. The molecule has 4 aromatic carbocycles. The molecule has 14 nitrogen and oxygen atoms in total. The average molecular weight is 995 g/mol. The van der Waals surface area contributed by atoms with Crippen LogP contribution in [0.15, 0.2) is 91.0 Å². The van der Waals surface area contributed by atoms with Gasteiger partial charge in [0.1, 0.15) is 35.3 Å². The van der Waals surface area contributed by atoms with Crippen LogP contribution in [0.1, 0.15) is 88.3 Å². The van der Waals surface area contributed by atoms with E-state index in [-0.39, 0.29) is 52.9 Å². The number of likely N-dealkylation sites (N-methyl/N-ethyl adjacent to an activating group) is 1. The molecule has 386 valence electrons. The van der Waals surface area contributed by atoms with Crippen LogP contribution in [-0.2, 0) is 20.9 Å². The van der Waals surface area contributed by atoms with Gasteiger partial charge in [-0.05, 0) is 142 Å². The molecule has 6 atom stereocenters. The van der Waals surface area contributed by atoms with Crippen LogP contribution in [0.2, 0.25) is 0 Å². The molecular formula is C55H69F3N8O6. The van der Waals surface area contributed by atoms with E-state index in [1.807, 2.05) is 25.2 Å². The molecule has 4 fully saturated rings. The van der Waals surface area contributed by atoms with Crippen molar-refractivity contribution >= 4 is 23.6 Å². The van der Waals surface area contributed by atoms with Gasteiger partial charge in [0.2, 0.25) is 11.8 Å². The number of amides is 4. The Bertz CT molecular complexity index is 2470. The number of methoxy groups -OCH3 is 1. The molecule has 2 unspecified atom stereocenters. The Balaban J connectivity index is 0.797. The Kier molecular flexibility index (Phi) is 17.7. The molecule has 2 saturated heterocycles. The number of carbonyl (C=O) groups is 4. The van der Waals surface area contributed by atoms with Gasteiger partial charge in [0.15, 0.2) is 0 Å². The largest absolute Gasteiger partial charge is 0.497 e. The first-order chi connectivity index (χ1) is 34.8. The number of rotatable bonds is 23. The topological polar surface area (TPSA) is 148 Å². The number of hydrogen-bond donors (Lipinski definition) is 4. The Morgan fingerprint density at radius 2 is 1.29 bits per heavy atom. The van der Waals surface area contributed by atoms with Gasteiger partial charge in [-0.3, -0.25) is 24.1 Å². The molecule has 0 radical (unpaired) electrons. The standard InChI is InChI=1S/C55H69F3N8O6/c1-55(34-47(55)37-11-18-44(71-3)19-12-37)60-21-5-4-6-48(61-51(67)38-7-13-41(56)14-8-38)53(69)66-29-25-64(26-30-66)35-40-32-43(58)17-20-45(40)46-33-49(46)59-22-31-72-36-50(54(70)65-27-23-63(2)24-28-65)62-52(68)39-9-15-42(57)16-10-39/h7-20,32,46-50,59-60H,4-6,21-31,33-36H2,1-3H3,(H,61,67)(H,62,68)/t46-,47-,48-,49?,50-,55?/m0/s1. The highest BCUT2D eigenvalue weighted by Crippen LogP contribution is 2.51. The molecule has 2 saturated carbocycles. The zero-order valence-corrected chi connectivity index (χ0v) is 41.6. The van der Waals surface area contributed by atoms with Crippen molar-refractivity contribution in [1.29, 1.82) is 0 Å². The molecule has 0 aromatic heterocycles. The number of nitrogens with zero attached hydrogens (tertiary/aromatic N) is 4. The van der Waals surface area contributed by atoms with E-state index >= 15 is 0 Å². The quantitative estimate of drug-likeness (QED) is 0.0723. The average Bonchev–Trinajstić information content (AvgIpc) is 4.31. The van der Waals surface area contributed by atoms with E-state index in [1.54, 1.807) is 23.0 Å². The van der Waals surface area contributed by atoms with E-state index in [1.165, 1.54) is 60.2 Å². The molecule has 4 aromatic rings. The summed E-state index contributed by atoms with van der Waals surface area (Å²) in [6.07, 6.45) is 3.88. The molecule has 2 heterocycles. The van der Waals surface area contributed by atoms with Crippen LogP contribution < -0.4 is 26.0 Å². The summed E-state index contributed by atoms with van der Waals surface area (Å²) in [6, 6.07) is 22.1. The molecule has 4 N–H and O–H groups in total. The second-order valence-corrected chi connectivity index (χ2v) is 20.0. The second-order valence-electron chi connectivity index (χ2n) is 20.0. The van der Waals surface area contributed by atoms with Crippen LogP contribution >= 0.6 is 0 Å². The zero-order valence-electron chi connectivity index (χ0n) is 41.6. The SMILES string of the molecule is COc1ccc([C@@H]2CC2(C)NCCCC[C@H](NC(=O)c2ccc(F)cc2)C(=O)N2CCN(Cc3cc(F)ccc3[C@@H]3CC3NCCOC[C@H](NC(=O)c3ccc(F)cc3)C(=O)N3CCN(C)CC3)CC2)cc1.